The molecule has 1 aromatic rings. The molecule has 1 aliphatic rings. The monoisotopic (exact) mass is 303 g/mol. The SMILES string of the molecule is CCC[C@H](C)Nc1ccc(CN2CCN(C(C)=O)CC2)cc1. The van der Waals surface area contributed by atoms with Crippen molar-refractivity contribution >= 4 is 11.6 Å². The highest BCUT2D eigenvalue weighted by molar-refractivity contribution is 5.73. The minimum absolute atomic E-state index is 0.191. The highest BCUT2D eigenvalue weighted by Gasteiger charge is 2.18. The van der Waals surface area contributed by atoms with Gasteiger partial charge in [-0.15, -0.1) is 0 Å². The van der Waals surface area contributed by atoms with E-state index in [-0.39, 0.29) is 5.91 Å². The predicted molar refractivity (Wildman–Crippen MR) is 92.0 cm³/mol. The van der Waals surface area contributed by atoms with Crippen LogP contribution in [-0.2, 0) is 11.3 Å². The van der Waals surface area contributed by atoms with Crippen molar-refractivity contribution < 1.29 is 4.79 Å². The van der Waals surface area contributed by atoms with Crippen LogP contribution < -0.4 is 5.32 Å². The molecule has 1 amide bonds. The summed E-state index contributed by atoms with van der Waals surface area (Å²) >= 11 is 0. The summed E-state index contributed by atoms with van der Waals surface area (Å²) in [5.74, 6) is 0.191. The number of rotatable bonds is 6. The molecule has 1 aromatic carbocycles. The van der Waals surface area contributed by atoms with Crippen molar-refractivity contribution in [3.8, 4) is 0 Å². The molecule has 1 N–H and O–H groups in total. The summed E-state index contributed by atoms with van der Waals surface area (Å²) < 4.78 is 0. The summed E-state index contributed by atoms with van der Waals surface area (Å²) in [6.45, 7) is 10.7. The van der Waals surface area contributed by atoms with Crippen LogP contribution in [-0.4, -0.2) is 47.9 Å². The Kier molecular flexibility index (Phi) is 6.25. The number of amides is 1. The van der Waals surface area contributed by atoms with E-state index in [0.29, 0.717) is 6.04 Å². The second kappa shape index (κ2) is 8.18. The lowest BCUT2D eigenvalue weighted by atomic mass is 10.1. The number of benzene rings is 1. The third-order valence-electron chi connectivity index (χ3n) is 4.31. The molecule has 1 saturated heterocycles. The zero-order valence-corrected chi connectivity index (χ0v) is 14.1. The average Bonchev–Trinajstić information content (AvgIpc) is 2.50. The van der Waals surface area contributed by atoms with E-state index in [0.717, 1.165) is 32.7 Å². The zero-order valence-electron chi connectivity index (χ0n) is 14.1. The number of hydrogen-bond donors (Lipinski definition) is 1. The van der Waals surface area contributed by atoms with Gasteiger partial charge in [-0.05, 0) is 31.0 Å². The Morgan fingerprint density at radius 1 is 1.18 bits per heavy atom. The first-order valence-corrected chi connectivity index (χ1v) is 8.42. The maximum absolute atomic E-state index is 11.3. The molecule has 0 radical (unpaired) electrons. The fourth-order valence-corrected chi connectivity index (χ4v) is 2.98. The van der Waals surface area contributed by atoms with E-state index in [1.807, 2.05) is 4.90 Å². The van der Waals surface area contributed by atoms with Crippen LogP contribution in [0.5, 0.6) is 0 Å². The minimum atomic E-state index is 0.191. The van der Waals surface area contributed by atoms with Crippen molar-refractivity contribution in [1.29, 1.82) is 0 Å². The normalized spacial score (nSPS) is 17.3. The molecular formula is C18H29N3O. The van der Waals surface area contributed by atoms with E-state index in [4.69, 9.17) is 0 Å². The van der Waals surface area contributed by atoms with Crippen LogP contribution >= 0.6 is 0 Å². The largest absolute Gasteiger partial charge is 0.383 e. The molecule has 1 fully saturated rings. The maximum atomic E-state index is 11.3. The van der Waals surface area contributed by atoms with Gasteiger partial charge in [0.2, 0.25) is 5.91 Å². The second-order valence-electron chi connectivity index (χ2n) is 6.31. The van der Waals surface area contributed by atoms with Gasteiger partial charge in [0, 0.05) is 51.4 Å². The van der Waals surface area contributed by atoms with E-state index in [9.17, 15) is 4.79 Å². The molecule has 4 heteroatoms. The van der Waals surface area contributed by atoms with Crippen LogP contribution in [0.25, 0.3) is 0 Å². The first-order chi connectivity index (χ1) is 10.6. The van der Waals surface area contributed by atoms with Crippen LogP contribution in [0.3, 0.4) is 0 Å². The van der Waals surface area contributed by atoms with Crippen LogP contribution in [0.2, 0.25) is 0 Å². The van der Waals surface area contributed by atoms with Crippen LogP contribution in [0.1, 0.15) is 39.2 Å². The number of anilines is 1. The van der Waals surface area contributed by atoms with Gasteiger partial charge in [0.05, 0.1) is 0 Å². The van der Waals surface area contributed by atoms with Gasteiger partial charge >= 0.3 is 0 Å². The lowest BCUT2D eigenvalue weighted by Gasteiger charge is -2.34. The van der Waals surface area contributed by atoms with Crippen molar-refractivity contribution in [3.05, 3.63) is 29.8 Å². The van der Waals surface area contributed by atoms with E-state index in [1.54, 1.807) is 6.92 Å². The second-order valence-corrected chi connectivity index (χ2v) is 6.31. The van der Waals surface area contributed by atoms with Crippen LogP contribution in [0.15, 0.2) is 24.3 Å². The van der Waals surface area contributed by atoms with E-state index < -0.39 is 0 Å². The molecule has 0 saturated carbocycles. The predicted octanol–water partition coefficient (Wildman–Crippen LogP) is 2.95. The number of hydrogen-bond acceptors (Lipinski definition) is 3. The minimum Gasteiger partial charge on any atom is -0.383 e. The van der Waals surface area contributed by atoms with Crippen LogP contribution in [0.4, 0.5) is 5.69 Å². The van der Waals surface area contributed by atoms with Gasteiger partial charge in [-0.1, -0.05) is 25.5 Å². The van der Waals surface area contributed by atoms with E-state index in [2.05, 4.69) is 48.3 Å². The summed E-state index contributed by atoms with van der Waals surface area (Å²) in [6.07, 6.45) is 2.40. The van der Waals surface area contributed by atoms with E-state index in [1.165, 1.54) is 24.1 Å². The van der Waals surface area contributed by atoms with Gasteiger partial charge in [-0.25, -0.2) is 0 Å². The molecule has 0 aliphatic carbocycles. The Morgan fingerprint density at radius 2 is 1.82 bits per heavy atom. The first-order valence-electron chi connectivity index (χ1n) is 8.42. The third kappa shape index (κ3) is 5.02. The Labute approximate surface area is 134 Å². The van der Waals surface area contributed by atoms with Gasteiger partial charge in [0.1, 0.15) is 0 Å². The maximum Gasteiger partial charge on any atom is 0.219 e. The molecule has 122 valence electrons. The van der Waals surface area contributed by atoms with Crippen molar-refractivity contribution in [2.24, 2.45) is 0 Å². The highest BCUT2D eigenvalue weighted by Crippen LogP contribution is 2.15. The summed E-state index contributed by atoms with van der Waals surface area (Å²) in [7, 11) is 0. The van der Waals surface area contributed by atoms with Crippen molar-refractivity contribution in [2.45, 2.75) is 46.2 Å². The molecule has 0 spiro atoms. The standard InChI is InChI=1S/C18H29N3O/c1-4-5-15(2)19-18-8-6-17(7-9-18)14-20-10-12-21(13-11-20)16(3)22/h6-9,15,19H,4-5,10-14H2,1-3H3/t15-/m0/s1. The summed E-state index contributed by atoms with van der Waals surface area (Å²) in [6, 6.07) is 9.28. The highest BCUT2D eigenvalue weighted by atomic mass is 16.2. The molecule has 4 nitrogen and oxygen atoms in total. The van der Waals surface area contributed by atoms with Crippen molar-refractivity contribution in [3.63, 3.8) is 0 Å². The van der Waals surface area contributed by atoms with Gasteiger partial charge < -0.3 is 10.2 Å². The third-order valence-corrected chi connectivity index (χ3v) is 4.31. The Hall–Kier alpha value is -1.55. The first kappa shape index (κ1) is 16.8. The van der Waals surface area contributed by atoms with Gasteiger partial charge in [0.25, 0.3) is 0 Å². The Morgan fingerprint density at radius 3 is 2.36 bits per heavy atom. The molecule has 1 heterocycles. The number of nitrogens with zero attached hydrogens (tertiary/aromatic N) is 2. The Balaban J connectivity index is 1.80. The number of piperazine rings is 1. The Bertz CT molecular complexity index is 464. The molecule has 0 aromatic heterocycles. The summed E-state index contributed by atoms with van der Waals surface area (Å²) in [5.41, 5.74) is 2.54. The summed E-state index contributed by atoms with van der Waals surface area (Å²) in [4.78, 5) is 15.7. The average molecular weight is 303 g/mol. The lowest BCUT2D eigenvalue weighted by molar-refractivity contribution is -0.130. The lowest BCUT2D eigenvalue weighted by Crippen LogP contribution is -2.47. The van der Waals surface area contributed by atoms with Crippen molar-refractivity contribution in [2.75, 3.05) is 31.5 Å². The number of nitrogens with one attached hydrogen (secondary N) is 1. The molecular weight excluding hydrogens is 274 g/mol. The number of carbonyl (C=O) groups is 1. The fourth-order valence-electron chi connectivity index (χ4n) is 2.98. The molecule has 0 unspecified atom stereocenters. The van der Waals surface area contributed by atoms with E-state index >= 15 is 0 Å². The quantitative estimate of drug-likeness (QED) is 0.877. The summed E-state index contributed by atoms with van der Waals surface area (Å²) in [5, 5.41) is 3.53. The van der Waals surface area contributed by atoms with Gasteiger partial charge in [0.15, 0.2) is 0 Å². The topological polar surface area (TPSA) is 35.6 Å². The van der Waals surface area contributed by atoms with Crippen molar-refractivity contribution in [1.82, 2.24) is 9.80 Å². The van der Waals surface area contributed by atoms with Gasteiger partial charge in [-0.3, -0.25) is 9.69 Å². The molecule has 0 bridgehead atoms. The van der Waals surface area contributed by atoms with Crippen LogP contribution in [0, 0.1) is 0 Å². The smallest absolute Gasteiger partial charge is 0.219 e. The van der Waals surface area contributed by atoms with Gasteiger partial charge in [-0.2, -0.15) is 0 Å². The molecule has 1 aliphatic heterocycles. The molecule has 1 atom stereocenters. The molecule has 22 heavy (non-hydrogen) atoms. The fraction of sp³-hybridized carbons (Fsp3) is 0.611. The molecule has 2 rings (SSSR count). The zero-order chi connectivity index (χ0) is 15.9. The number of carbonyl (C=O) groups excluding carboxylic acids is 1.